The fourth-order valence-electron chi connectivity index (χ4n) is 2.59. The van der Waals surface area contributed by atoms with Crippen LogP contribution in [0.4, 0.5) is 4.79 Å². The molecular formula is C10H17N3O. The lowest BCUT2D eigenvalue weighted by molar-refractivity contribution is 0.249. The van der Waals surface area contributed by atoms with Crippen LogP contribution in [0.5, 0.6) is 0 Å². The number of amides is 2. The van der Waals surface area contributed by atoms with E-state index in [1.165, 1.54) is 25.7 Å². The molecule has 0 bridgehead atoms. The van der Waals surface area contributed by atoms with Gasteiger partial charge >= 0.3 is 6.03 Å². The molecule has 14 heavy (non-hydrogen) atoms. The van der Waals surface area contributed by atoms with Crippen LogP contribution in [0.3, 0.4) is 0 Å². The molecule has 2 fully saturated rings. The van der Waals surface area contributed by atoms with Crippen molar-refractivity contribution in [3.63, 3.8) is 0 Å². The van der Waals surface area contributed by atoms with Crippen molar-refractivity contribution in [2.75, 3.05) is 0 Å². The van der Waals surface area contributed by atoms with Crippen LogP contribution in [-0.2, 0) is 0 Å². The van der Waals surface area contributed by atoms with Gasteiger partial charge in [0.15, 0.2) is 0 Å². The molecule has 2 aliphatic rings. The standard InChI is InChI=1S/C10H17N3O/c1-7-3-2-4-8(10(7)5-6-10)12-13-9(11)14/h7H,2-6H2,1H3,(H3,11,13,14)/b12-8+. The second kappa shape index (κ2) is 3.26. The van der Waals surface area contributed by atoms with E-state index >= 15 is 0 Å². The summed E-state index contributed by atoms with van der Waals surface area (Å²) in [6.45, 7) is 2.28. The average molecular weight is 195 g/mol. The maximum atomic E-state index is 10.6. The highest BCUT2D eigenvalue weighted by Crippen LogP contribution is 2.57. The van der Waals surface area contributed by atoms with E-state index in [0.29, 0.717) is 11.3 Å². The molecule has 2 aliphatic carbocycles. The first kappa shape index (κ1) is 9.49. The predicted molar refractivity (Wildman–Crippen MR) is 54.8 cm³/mol. The third-order valence-electron chi connectivity index (χ3n) is 3.66. The summed E-state index contributed by atoms with van der Waals surface area (Å²) in [6.07, 6.45) is 5.95. The van der Waals surface area contributed by atoms with E-state index in [1.807, 2.05) is 0 Å². The molecule has 3 N–H and O–H groups in total. The smallest absolute Gasteiger partial charge is 0.332 e. The molecule has 0 saturated heterocycles. The molecule has 1 spiro atoms. The van der Waals surface area contributed by atoms with Gasteiger partial charge in [-0.2, -0.15) is 5.10 Å². The van der Waals surface area contributed by atoms with E-state index in [9.17, 15) is 4.79 Å². The molecule has 0 aromatic carbocycles. The summed E-state index contributed by atoms with van der Waals surface area (Å²) in [4.78, 5) is 10.6. The normalized spacial score (nSPS) is 31.8. The van der Waals surface area contributed by atoms with Gasteiger partial charge in [-0.15, -0.1) is 0 Å². The summed E-state index contributed by atoms with van der Waals surface area (Å²) < 4.78 is 0. The van der Waals surface area contributed by atoms with Gasteiger partial charge in [0.1, 0.15) is 0 Å². The van der Waals surface area contributed by atoms with Gasteiger partial charge in [0, 0.05) is 11.1 Å². The number of hydrogen-bond acceptors (Lipinski definition) is 2. The number of primary amides is 1. The topological polar surface area (TPSA) is 67.5 Å². The minimum atomic E-state index is -0.563. The Balaban J connectivity index is 2.10. The summed E-state index contributed by atoms with van der Waals surface area (Å²) in [5.74, 6) is 0.713. The molecule has 2 amide bonds. The first-order chi connectivity index (χ1) is 6.65. The lowest BCUT2D eigenvalue weighted by Crippen LogP contribution is -2.33. The number of nitrogens with zero attached hydrogens (tertiary/aromatic N) is 1. The number of carbonyl (C=O) groups excluding carboxylic acids is 1. The third kappa shape index (κ3) is 1.49. The molecular weight excluding hydrogens is 178 g/mol. The number of hydrogen-bond donors (Lipinski definition) is 2. The average Bonchev–Trinajstić information content (AvgIpc) is 2.89. The Labute approximate surface area is 83.9 Å². The van der Waals surface area contributed by atoms with Crippen molar-refractivity contribution in [2.45, 2.75) is 39.0 Å². The second-order valence-corrected chi connectivity index (χ2v) is 4.48. The molecule has 1 atom stereocenters. The minimum Gasteiger partial charge on any atom is -0.350 e. The van der Waals surface area contributed by atoms with Crippen LogP contribution in [-0.4, -0.2) is 11.7 Å². The zero-order valence-electron chi connectivity index (χ0n) is 8.55. The van der Waals surface area contributed by atoms with Crippen LogP contribution < -0.4 is 11.2 Å². The van der Waals surface area contributed by atoms with Gasteiger partial charge < -0.3 is 5.73 Å². The van der Waals surface area contributed by atoms with E-state index in [-0.39, 0.29) is 0 Å². The molecule has 2 rings (SSSR count). The van der Waals surface area contributed by atoms with Crippen LogP contribution in [0.1, 0.15) is 39.0 Å². The van der Waals surface area contributed by atoms with Crippen molar-refractivity contribution >= 4 is 11.7 Å². The van der Waals surface area contributed by atoms with Crippen LogP contribution in [0.25, 0.3) is 0 Å². The van der Waals surface area contributed by atoms with Gasteiger partial charge in [-0.3, -0.25) is 0 Å². The molecule has 2 saturated carbocycles. The zero-order chi connectivity index (χ0) is 10.2. The maximum absolute atomic E-state index is 10.6. The fraction of sp³-hybridized carbons (Fsp3) is 0.800. The van der Waals surface area contributed by atoms with Crippen LogP contribution in [0, 0.1) is 11.3 Å². The van der Waals surface area contributed by atoms with Crippen molar-refractivity contribution in [2.24, 2.45) is 22.2 Å². The van der Waals surface area contributed by atoms with Crippen LogP contribution in [0.2, 0.25) is 0 Å². The Hall–Kier alpha value is -1.06. The summed E-state index contributed by atoms with van der Waals surface area (Å²) in [6, 6.07) is -0.563. The summed E-state index contributed by atoms with van der Waals surface area (Å²) >= 11 is 0. The number of nitrogens with one attached hydrogen (secondary N) is 1. The van der Waals surface area contributed by atoms with Crippen LogP contribution >= 0.6 is 0 Å². The van der Waals surface area contributed by atoms with Crippen molar-refractivity contribution in [3.8, 4) is 0 Å². The van der Waals surface area contributed by atoms with E-state index in [0.717, 1.165) is 12.1 Å². The van der Waals surface area contributed by atoms with Crippen molar-refractivity contribution in [1.29, 1.82) is 0 Å². The van der Waals surface area contributed by atoms with E-state index < -0.39 is 6.03 Å². The predicted octanol–water partition coefficient (Wildman–Crippen LogP) is 1.61. The monoisotopic (exact) mass is 195 g/mol. The Morgan fingerprint density at radius 3 is 2.93 bits per heavy atom. The highest BCUT2D eigenvalue weighted by Gasteiger charge is 2.52. The largest absolute Gasteiger partial charge is 0.350 e. The van der Waals surface area contributed by atoms with Crippen molar-refractivity contribution in [1.82, 2.24) is 5.43 Å². The number of urea groups is 1. The maximum Gasteiger partial charge on any atom is 0.332 e. The van der Waals surface area contributed by atoms with Gasteiger partial charge in [0.25, 0.3) is 0 Å². The third-order valence-corrected chi connectivity index (χ3v) is 3.66. The Kier molecular flexibility index (Phi) is 2.21. The van der Waals surface area contributed by atoms with E-state index in [2.05, 4.69) is 17.5 Å². The molecule has 1 unspecified atom stereocenters. The SMILES string of the molecule is CC1CCC/C(=N\NC(N)=O)C12CC2. The Morgan fingerprint density at radius 2 is 2.36 bits per heavy atom. The van der Waals surface area contributed by atoms with Crippen molar-refractivity contribution < 1.29 is 4.79 Å². The van der Waals surface area contributed by atoms with Crippen LogP contribution in [0.15, 0.2) is 5.10 Å². The van der Waals surface area contributed by atoms with Gasteiger partial charge in [-0.05, 0) is 38.0 Å². The Bertz CT molecular complexity index is 281. The second-order valence-electron chi connectivity index (χ2n) is 4.48. The zero-order valence-corrected chi connectivity index (χ0v) is 8.55. The van der Waals surface area contributed by atoms with Gasteiger partial charge in [0.05, 0.1) is 0 Å². The summed E-state index contributed by atoms with van der Waals surface area (Å²) in [7, 11) is 0. The van der Waals surface area contributed by atoms with Gasteiger partial charge in [-0.25, -0.2) is 10.2 Å². The molecule has 4 heteroatoms. The summed E-state index contributed by atoms with van der Waals surface area (Å²) in [5.41, 5.74) is 8.84. The molecule has 0 heterocycles. The Morgan fingerprint density at radius 1 is 1.64 bits per heavy atom. The quantitative estimate of drug-likeness (QED) is 0.613. The lowest BCUT2D eigenvalue weighted by Gasteiger charge is -2.30. The first-order valence-electron chi connectivity index (χ1n) is 5.27. The highest BCUT2D eigenvalue weighted by molar-refractivity contribution is 5.94. The number of hydrazone groups is 1. The molecule has 0 aromatic rings. The molecule has 0 aliphatic heterocycles. The number of rotatable bonds is 1. The fourth-order valence-corrected chi connectivity index (χ4v) is 2.59. The molecule has 78 valence electrons. The van der Waals surface area contributed by atoms with Gasteiger partial charge in [-0.1, -0.05) is 6.92 Å². The van der Waals surface area contributed by atoms with Gasteiger partial charge in [0.2, 0.25) is 0 Å². The minimum absolute atomic E-state index is 0.320. The highest BCUT2D eigenvalue weighted by atomic mass is 16.2. The molecule has 4 nitrogen and oxygen atoms in total. The number of carbonyl (C=O) groups is 1. The molecule has 0 aromatic heterocycles. The number of nitrogens with two attached hydrogens (primary N) is 1. The van der Waals surface area contributed by atoms with E-state index in [1.54, 1.807) is 0 Å². The van der Waals surface area contributed by atoms with Crippen molar-refractivity contribution in [3.05, 3.63) is 0 Å². The first-order valence-corrected chi connectivity index (χ1v) is 5.27. The summed E-state index contributed by atoms with van der Waals surface area (Å²) in [5, 5.41) is 4.14. The van der Waals surface area contributed by atoms with E-state index in [4.69, 9.17) is 5.73 Å². The lowest BCUT2D eigenvalue weighted by atomic mass is 9.76. The molecule has 0 radical (unpaired) electrons.